The number of hydrogen-bond acceptors (Lipinski definition) is 14. The van der Waals surface area contributed by atoms with Crippen LogP contribution < -0.4 is 14.7 Å². The van der Waals surface area contributed by atoms with Crippen molar-refractivity contribution in [1.82, 2.24) is 0 Å². The van der Waals surface area contributed by atoms with E-state index in [4.69, 9.17) is 28.6 Å². The third kappa shape index (κ3) is 21.4. The van der Waals surface area contributed by atoms with Gasteiger partial charge in [0.05, 0.1) is 13.1 Å². The monoisotopic (exact) mass is 1990 g/mol. The molecule has 2 aliphatic carbocycles. The summed E-state index contributed by atoms with van der Waals surface area (Å²) in [5.74, 6) is -3.63. The number of anilines is 9. The van der Waals surface area contributed by atoms with Crippen LogP contribution in [-0.4, -0.2) is 33.2 Å². The second kappa shape index (κ2) is 45.2. The summed E-state index contributed by atoms with van der Waals surface area (Å²) in [5, 5.41) is 36.6. The van der Waals surface area contributed by atoms with Gasteiger partial charge in [-0.1, -0.05) is 249 Å². The molecule has 3 N–H and O–H groups in total. The van der Waals surface area contributed by atoms with Gasteiger partial charge >= 0.3 is 17.9 Å². The van der Waals surface area contributed by atoms with Crippen LogP contribution in [0.2, 0.25) is 0 Å². The molecule has 0 radical (unpaired) electrons. The van der Waals surface area contributed by atoms with Gasteiger partial charge in [0, 0.05) is 130 Å². The van der Waals surface area contributed by atoms with E-state index >= 15 is 0 Å². The number of fused-ring (bicyclic) bond motifs is 6. The third-order valence-corrected chi connectivity index (χ3v) is 34.7. The van der Waals surface area contributed by atoms with E-state index in [0.717, 1.165) is 125 Å². The largest absolute Gasteiger partial charge is 0.486 e. The van der Waals surface area contributed by atoms with Gasteiger partial charge in [0.25, 0.3) is 11.4 Å². The molecule has 7 heterocycles. The number of benzene rings is 11. The van der Waals surface area contributed by atoms with Gasteiger partial charge < -0.3 is 30.0 Å². The molecule has 0 saturated carbocycles. The van der Waals surface area contributed by atoms with Crippen LogP contribution in [0.5, 0.6) is 0 Å². The van der Waals surface area contributed by atoms with Crippen molar-refractivity contribution in [2.75, 3.05) is 14.7 Å². The average molecular weight is 2000 g/mol. The molecular formula is C124H102N6O6S7. The fraction of sp³-hybridized carbons (Fsp3) is 0.145. The van der Waals surface area contributed by atoms with Crippen LogP contribution in [0.3, 0.4) is 0 Å². The van der Waals surface area contributed by atoms with Crippen molar-refractivity contribution in [3.63, 3.8) is 0 Å². The lowest BCUT2D eigenvalue weighted by Crippen LogP contribution is -2.26. The molecule has 12 nitrogen and oxygen atoms in total. The Hall–Kier alpha value is -15.2. The number of unbranched alkanes of at least 4 members (excludes halogenated alkanes) is 4. The minimum absolute atomic E-state index is 0.0233. The molecule has 18 aromatic rings. The minimum atomic E-state index is -1.21. The van der Waals surface area contributed by atoms with Gasteiger partial charge in [-0.2, -0.15) is 5.26 Å². The van der Waals surface area contributed by atoms with Gasteiger partial charge in [0.2, 0.25) is 0 Å². The van der Waals surface area contributed by atoms with Gasteiger partial charge in [-0.25, -0.2) is 14.5 Å². The number of carboxylic acid groups (broad SMARTS) is 3. The summed E-state index contributed by atoms with van der Waals surface area (Å²) in [4.78, 5) is 61.7. The molecule has 0 amide bonds. The molecule has 7 aromatic heterocycles. The molecule has 706 valence electrons. The highest BCUT2D eigenvalue weighted by Crippen LogP contribution is 2.59. The molecule has 0 fully saturated rings. The van der Waals surface area contributed by atoms with Gasteiger partial charge in [-0.15, -0.1) is 79.4 Å². The van der Waals surface area contributed by atoms with Crippen molar-refractivity contribution in [2.45, 2.75) is 116 Å². The van der Waals surface area contributed by atoms with Crippen molar-refractivity contribution in [2.24, 2.45) is 0 Å². The van der Waals surface area contributed by atoms with Crippen molar-refractivity contribution in [3.05, 3.63) is 441 Å². The summed E-state index contributed by atoms with van der Waals surface area (Å²) >= 11 is 11.3. The second-order valence-corrected chi connectivity index (χ2v) is 42.9. The topological polar surface area (TPSA) is 154 Å². The van der Waals surface area contributed by atoms with Gasteiger partial charge in [-0.3, -0.25) is 9.59 Å². The maximum atomic E-state index is 11.5. The minimum Gasteiger partial charge on any atom is -0.486 e. The first kappa shape index (κ1) is 98.0. The molecule has 20 rings (SSSR count). The lowest BCUT2D eigenvalue weighted by Gasteiger charge is -2.35. The molecule has 0 unspecified atom stereocenters. The summed E-state index contributed by atoms with van der Waals surface area (Å²) in [6.45, 7) is 23.6. The molecule has 0 saturated heterocycles. The van der Waals surface area contributed by atoms with E-state index in [1.807, 2.05) is 84.9 Å². The molecule has 0 spiro atoms. The Morgan fingerprint density at radius 2 is 0.531 bits per heavy atom. The van der Waals surface area contributed by atoms with Crippen LogP contribution in [0.25, 0.3) is 121 Å². The first-order valence-electron chi connectivity index (χ1n) is 48.1. The van der Waals surface area contributed by atoms with Crippen molar-refractivity contribution in [3.8, 4) is 98.7 Å². The van der Waals surface area contributed by atoms with E-state index in [9.17, 15) is 19.5 Å². The summed E-state index contributed by atoms with van der Waals surface area (Å²) in [6, 6.07) is 131. The number of hydrogen-bond donors (Lipinski definition) is 3. The second-order valence-electron chi connectivity index (χ2n) is 35.2. The lowest BCUT2D eigenvalue weighted by molar-refractivity contribution is -0.133. The molecule has 143 heavy (non-hydrogen) atoms. The van der Waals surface area contributed by atoms with Crippen LogP contribution >= 0.6 is 79.4 Å². The maximum absolute atomic E-state index is 11.5. The highest BCUT2D eigenvalue weighted by atomic mass is 32.1. The summed E-state index contributed by atoms with van der Waals surface area (Å²) in [6.07, 6.45) is 18.4. The summed E-state index contributed by atoms with van der Waals surface area (Å²) < 4.78 is 0. The predicted molar refractivity (Wildman–Crippen MR) is 603 cm³/mol. The van der Waals surface area contributed by atoms with Crippen LogP contribution in [0.1, 0.15) is 142 Å². The number of carboxylic acids is 3. The van der Waals surface area contributed by atoms with Crippen LogP contribution in [0.4, 0.5) is 51.2 Å². The number of aliphatic carboxylic acids is 3. The Morgan fingerprint density at radius 1 is 0.287 bits per heavy atom. The predicted octanol–water partition coefficient (Wildman–Crippen LogP) is 37.5. The highest BCUT2D eigenvalue weighted by molar-refractivity contribution is 7.27. The van der Waals surface area contributed by atoms with Crippen molar-refractivity contribution in [1.29, 1.82) is 5.26 Å². The fourth-order valence-electron chi connectivity index (χ4n) is 19.4. The van der Waals surface area contributed by atoms with Crippen LogP contribution in [0, 0.1) is 24.5 Å². The van der Waals surface area contributed by atoms with E-state index in [1.54, 1.807) is 51.4 Å². The van der Waals surface area contributed by atoms with E-state index in [0.29, 0.717) is 0 Å². The molecular weight excluding hydrogens is 1890 g/mol. The smallest absolute Gasteiger partial charge is 0.346 e. The molecule has 0 atom stereocenters. The maximum Gasteiger partial charge on any atom is 0.346 e. The number of nitriles is 1. The Morgan fingerprint density at radius 3 is 0.818 bits per heavy atom. The van der Waals surface area contributed by atoms with Crippen LogP contribution in [0.15, 0.2) is 381 Å². The van der Waals surface area contributed by atoms with E-state index in [-0.39, 0.29) is 27.8 Å². The molecule has 11 aromatic carbocycles. The Kier molecular flexibility index (Phi) is 31.0. The molecule has 2 aliphatic rings. The number of rotatable bonds is 34. The van der Waals surface area contributed by atoms with E-state index < -0.39 is 17.9 Å². The number of thiophene rings is 7. The quantitative estimate of drug-likeness (QED) is 0.0202. The zero-order chi connectivity index (χ0) is 98.9. The third-order valence-electron chi connectivity index (χ3n) is 26.3. The molecule has 0 aliphatic heterocycles. The first-order chi connectivity index (χ1) is 70.0. The highest BCUT2D eigenvalue weighted by Gasteiger charge is 2.45. The number of carbonyl (C=O) groups is 3. The SMILES string of the molecule is N#C/C(=C\c1ccc(-c2ccc(-c3ccc(-c4ccc(N(c5ccccc5)c5ccccc5)cc4)s3)s2)s1)C(=O)O.[C-]#[N+]/C(=C\c1ccc(-c2ccc(-c3ccc(N(c4ccc5c(c4)C(CCCC)(CCCC)c4ccccc4-5)c4ccc5c(c4)C(CCCC)(CCCC)c4ccccc4-5)cc3)s2)s1)C(=O)O.[C-]#[N+]/C(=C\c1ccc(-c2ccc(-c3ccc(N(c4ccccc4)c4ccccc4)cc3)s2)s1)C(=O)O. The Labute approximate surface area is 864 Å². The van der Waals surface area contributed by atoms with Gasteiger partial charge in [0.15, 0.2) is 0 Å². The average Bonchev–Trinajstić information content (AvgIpc) is 1.56. The van der Waals surface area contributed by atoms with Gasteiger partial charge in [0.1, 0.15) is 11.6 Å². The lowest BCUT2D eigenvalue weighted by atomic mass is 9.70. The first-order valence-corrected chi connectivity index (χ1v) is 53.8. The van der Waals surface area contributed by atoms with E-state index in [1.165, 1.54) is 185 Å². The summed E-state index contributed by atoms with van der Waals surface area (Å²) in [7, 11) is 0. The summed E-state index contributed by atoms with van der Waals surface area (Å²) in [5.41, 5.74) is 24.2. The standard InChI is InChI=1S/C60H60N2O2S2.C34H22N2O2S3.C30H20N2O2S2/c1-6-10-34-59(35-11-7-2)50-20-16-14-18-46(50)48-29-26-43(38-52(48)59)62(44-27-30-49-47-19-15-17-21-51(47)60(36-12-8-3,37-13-9-4)53(49)39-44)42-24-22-41(23-25-42)55-32-33-57(66-55)56-31-28-45(65-56)40-54(61-5)58(63)64;35-22-24(34(37)38)21-28-15-16-30(39-28)31-19-20-33(41-31)32-18-17-29(40-32)23-11-13-27(14-12-23)36(25-7-3-1-4-8-25)26-9-5-2-6-10-26;1-31-26(30(33)34)20-25-16-17-28(35-25)29-19-18-27(36-29)21-12-14-24(15-13-21)32(22-8-4-2-5-9-22)23-10-6-3-7-11-23/h14-33,38-40H,6-13,34-37H2,1-4H3,(H,63,64);1-21H,(H,37,38);2-20H,(H,33,34)/b54-40-;24-21+;26-20-. The van der Waals surface area contributed by atoms with Crippen molar-refractivity contribution >= 4 is 167 Å². The van der Waals surface area contributed by atoms with E-state index in [2.05, 4.69) is 331 Å². The van der Waals surface area contributed by atoms with Crippen molar-refractivity contribution < 1.29 is 29.7 Å². The zero-order valence-corrected chi connectivity index (χ0v) is 85.2. The molecule has 0 bridgehead atoms. The number of nitrogens with zero attached hydrogens (tertiary/aromatic N) is 6. The Balaban J connectivity index is 0.000000150. The number of para-hydroxylation sites is 4. The van der Waals surface area contributed by atoms with Gasteiger partial charge in [-0.05, 0) is 299 Å². The zero-order valence-electron chi connectivity index (χ0n) is 79.5. The molecule has 19 heteroatoms. The van der Waals surface area contributed by atoms with Crippen LogP contribution in [-0.2, 0) is 25.2 Å². The Bertz CT molecular complexity index is 7590. The normalized spacial score (nSPS) is 12.5. The fourth-order valence-corrected chi connectivity index (χ4v) is 26.6.